The van der Waals surface area contributed by atoms with Gasteiger partial charge in [0, 0.05) is 18.6 Å². The van der Waals surface area contributed by atoms with Gasteiger partial charge < -0.3 is 15.1 Å². The second-order valence-electron chi connectivity index (χ2n) is 5.35. The molecule has 0 radical (unpaired) electrons. The summed E-state index contributed by atoms with van der Waals surface area (Å²) in [6, 6.07) is 11.8. The number of benzene rings is 1. The first kappa shape index (κ1) is 14.6. The molecule has 0 fully saturated rings. The molecule has 3 aromatic heterocycles. The third-order valence-corrected chi connectivity index (χ3v) is 4.80. The molecule has 0 atom stereocenters. The van der Waals surface area contributed by atoms with Gasteiger partial charge in [0.2, 0.25) is 0 Å². The quantitative estimate of drug-likeness (QED) is 0.458. The normalized spacial score (nSPS) is 11.7. The maximum Gasteiger partial charge on any atom is 0.168 e. The Labute approximate surface area is 142 Å². The van der Waals surface area contributed by atoms with E-state index in [9.17, 15) is 0 Å². The van der Waals surface area contributed by atoms with E-state index in [2.05, 4.69) is 15.1 Å². The topological polar surface area (TPSA) is 78.3 Å². The Morgan fingerprint density at radius 2 is 2.12 bits per heavy atom. The molecule has 4 aromatic rings. The number of pyridine rings is 1. The molecule has 0 saturated heterocycles. The first-order valence-corrected chi connectivity index (χ1v) is 8.24. The van der Waals surface area contributed by atoms with Crippen LogP contribution in [0.5, 0.6) is 0 Å². The summed E-state index contributed by atoms with van der Waals surface area (Å²) in [4.78, 5) is 14.3. The van der Waals surface area contributed by atoms with Gasteiger partial charge in [-0.2, -0.15) is 0 Å². The molecule has 0 spiro atoms. The van der Waals surface area contributed by atoms with Gasteiger partial charge in [0.25, 0.3) is 0 Å². The van der Waals surface area contributed by atoms with Gasteiger partial charge in [-0.1, -0.05) is 23.4 Å². The number of aromatic nitrogens is 3. The number of aryl methyl sites for hydroxylation is 1. The van der Waals surface area contributed by atoms with Crippen LogP contribution < -0.4 is 5.73 Å². The summed E-state index contributed by atoms with van der Waals surface area (Å²) < 4.78 is 2.99. The largest absolute Gasteiger partial charge is 0.388 e. The molecule has 0 unspecified atom stereocenters. The van der Waals surface area contributed by atoms with Crippen LogP contribution in [0.4, 0.5) is 5.82 Å². The molecule has 7 heteroatoms. The van der Waals surface area contributed by atoms with E-state index in [1.807, 2.05) is 54.2 Å². The summed E-state index contributed by atoms with van der Waals surface area (Å²) in [6.07, 6.45) is 3.63. The highest BCUT2D eigenvalue weighted by Crippen LogP contribution is 2.32. The van der Waals surface area contributed by atoms with Crippen LogP contribution >= 0.6 is 11.3 Å². The number of hydrogen-bond donors (Lipinski definition) is 1. The SMILES string of the molecule is Cn1cccc1/C=N/OCc1nc2c(N)nc3ccccc3c2s1. The molecule has 0 bridgehead atoms. The van der Waals surface area contributed by atoms with Gasteiger partial charge in [0.15, 0.2) is 12.4 Å². The highest BCUT2D eigenvalue weighted by molar-refractivity contribution is 7.19. The number of rotatable bonds is 4. The van der Waals surface area contributed by atoms with E-state index in [1.54, 1.807) is 17.6 Å². The minimum atomic E-state index is 0.300. The number of thiazole rings is 1. The summed E-state index contributed by atoms with van der Waals surface area (Å²) >= 11 is 1.56. The summed E-state index contributed by atoms with van der Waals surface area (Å²) in [5, 5.41) is 5.87. The molecular formula is C17H15N5OS. The second kappa shape index (κ2) is 5.93. The minimum Gasteiger partial charge on any atom is -0.388 e. The molecule has 6 nitrogen and oxygen atoms in total. The molecule has 0 aliphatic heterocycles. The fourth-order valence-electron chi connectivity index (χ4n) is 2.52. The van der Waals surface area contributed by atoms with Crippen LogP contribution in [-0.2, 0) is 18.5 Å². The maximum atomic E-state index is 6.03. The molecule has 24 heavy (non-hydrogen) atoms. The van der Waals surface area contributed by atoms with Gasteiger partial charge in [-0.25, -0.2) is 9.97 Å². The second-order valence-corrected chi connectivity index (χ2v) is 6.44. The maximum absolute atomic E-state index is 6.03. The average Bonchev–Trinajstić information content (AvgIpc) is 3.19. The number of para-hydroxylation sites is 1. The smallest absolute Gasteiger partial charge is 0.168 e. The Balaban J connectivity index is 1.59. The Hall–Kier alpha value is -2.93. The van der Waals surface area contributed by atoms with E-state index in [1.165, 1.54) is 0 Å². The van der Waals surface area contributed by atoms with E-state index in [0.29, 0.717) is 12.4 Å². The molecule has 0 amide bonds. The van der Waals surface area contributed by atoms with Crippen LogP contribution in [0.3, 0.4) is 0 Å². The molecule has 0 aliphatic rings. The third-order valence-electron chi connectivity index (χ3n) is 3.74. The van der Waals surface area contributed by atoms with E-state index in [0.717, 1.165) is 31.8 Å². The van der Waals surface area contributed by atoms with E-state index >= 15 is 0 Å². The summed E-state index contributed by atoms with van der Waals surface area (Å²) in [5.41, 5.74) is 8.60. The Bertz CT molecular complexity index is 1050. The van der Waals surface area contributed by atoms with Crippen LogP contribution in [0.15, 0.2) is 47.8 Å². The van der Waals surface area contributed by atoms with Crippen molar-refractivity contribution in [2.75, 3.05) is 5.73 Å². The van der Waals surface area contributed by atoms with Gasteiger partial charge in [0.1, 0.15) is 10.5 Å². The lowest BCUT2D eigenvalue weighted by Gasteiger charge is -1.99. The minimum absolute atomic E-state index is 0.300. The average molecular weight is 337 g/mol. The lowest BCUT2D eigenvalue weighted by Crippen LogP contribution is -1.94. The highest BCUT2D eigenvalue weighted by atomic mass is 32.1. The number of anilines is 1. The van der Waals surface area contributed by atoms with Crippen LogP contribution in [-0.4, -0.2) is 20.7 Å². The van der Waals surface area contributed by atoms with Crippen LogP contribution in [0.25, 0.3) is 21.1 Å². The summed E-state index contributed by atoms with van der Waals surface area (Å²) in [5.74, 6) is 0.443. The van der Waals surface area contributed by atoms with Gasteiger partial charge in [-0.05, 0) is 18.2 Å². The number of hydrogen-bond acceptors (Lipinski definition) is 6. The number of nitrogens with two attached hydrogens (primary N) is 1. The van der Waals surface area contributed by atoms with Crippen LogP contribution in [0, 0.1) is 0 Å². The molecular weight excluding hydrogens is 322 g/mol. The lowest BCUT2D eigenvalue weighted by atomic mass is 10.2. The zero-order valence-corrected chi connectivity index (χ0v) is 13.8. The van der Waals surface area contributed by atoms with Crippen molar-refractivity contribution in [2.45, 2.75) is 6.61 Å². The molecule has 3 heterocycles. The zero-order valence-electron chi connectivity index (χ0n) is 13.0. The predicted molar refractivity (Wildman–Crippen MR) is 97.1 cm³/mol. The van der Waals surface area contributed by atoms with Crippen molar-refractivity contribution in [2.24, 2.45) is 12.2 Å². The monoisotopic (exact) mass is 337 g/mol. The van der Waals surface area contributed by atoms with Crippen molar-refractivity contribution in [1.29, 1.82) is 0 Å². The van der Waals surface area contributed by atoms with Crippen molar-refractivity contribution >= 4 is 44.5 Å². The van der Waals surface area contributed by atoms with E-state index < -0.39 is 0 Å². The van der Waals surface area contributed by atoms with Crippen molar-refractivity contribution in [1.82, 2.24) is 14.5 Å². The molecule has 0 aliphatic carbocycles. The third kappa shape index (κ3) is 2.59. The standard InChI is InChI=1S/C17H15N5OS/c1-22-8-4-5-11(22)9-19-23-10-14-21-15-16(24-14)12-6-2-3-7-13(12)20-17(15)18/h2-9H,10H2,1H3,(H2,18,20)/b19-9+. The van der Waals surface area contributed by atoms with Gasteiger partial charge in [-0.15, -0.1) is 11.3 Å². The van der Waals surface area contributed by atoms with Gasteiger partial charge >= 0.3 is 0 Å². The summed E-state index contributed by atoms with van der Waals surface area (Å²) in [7, 11) is 1.95. The van der Waals surface area contributed by atoms with E-state index in [4.69, 9.17) is 10.6 Å². The fraction of sp³-hybridized carbons (Fsp3) is 0.118. The first-order chi connectivity index (χ1) is 11.7. The fourth-order valence-corrected chi connectivity index (χ4v) is 3.53. The highest BCUT2D eigenvalue weighted by Gasteiger charge is 2.12. The van der Waals surface area contributed by atoms with Crippen molar-refractivity contribution < 1.29 is 4.84 Å². The van der Waals surface area contributed by atoms with Crippen molar-refractivity contribution in [3.05, 3.63) is 53.3 Å². The number of nitrogen functional groups attached to an aromatic ring is 1. The Morgan fingerprint density at radius 1 is 1.25 bits per heavy atom. The molecule has 120 valence electrons. The Kier molecular flexibility index (Phi) is 3.62. The molecule has 2 N–H and O–H groups in total. The molecule has 0 saturated carbocycles. The first-order valence-electron chi connectivity index (χ1n) is 7.42. The van der Waals surface area contributed by atoms with E-state index in [-0.39, 0.29) is 0 Å². The molecule has 1 aromatic carbocycles. The Morgan fingerprint density at radius 3 is 2.96 bits per heavy atom. The van der Waals surface area contributed by atoms with Crippen LogP contribution in [0.2, 0.25) is 0 Å². The predicted octanol–water partition coefficient (Wildman–Crippen LogP) is 3.32. The van der Waals surface area contributed by atoms with Gasteiger partial charge in [-0.3, -0.25) is 0 Å². The van der Waals surface area contributed by atoms with Crippen LogP contribution in [0.1, 0.15) is 10.7 Å². The molecule has 4 rings (SSSR count). The number of nitrogens with zero attached hydrogens (tertiary/aromatic N) is 4. The lowest BCUT2D eigenvalue weighted by molar-refractivity contribution is 0.132. The van der Waals surface area contributed by atoms with Crippen molar-refractivity contribution in [3.8, 4) is 0 Å². The number of oxime groups is 1. The number of fused-ring (bicyclic) bond motifs is 3. The summed E-state index contributed by atoms with van der Waals surface area (Å²) in [6.45, 7) is 0.300. The van der Waals surface area contributed by atoms with Gasteiger partial charge in [0.05, 0.1) is 22.1 Å². The zero-order chi connectivity index (χ0) is 16.5. The van der Waals surface area contributed by atoms with Crippen molar-refractivity contribution in [3.63, 3.8) is 0 Å².